The standard InChI is InChI=1S/C19H18N10O9S3/c1-38-25-10(9-5-40-18(21-9)20-6-30)13(31)22-11-14(32)29-12(17(35)36)7(3-39-15(11)29)4-41-19-23-26-27-28(19)2-8(24-37)16(33)34/h5-6,11,15,37H,2-4H2,1H3,(H,22,31)(H,33,34)(H,35,36)(H,20,21,30)/t11?,15-/m1/s1. The van der Waals surface area contributed by atoms with E-state index in [4.69, 9.17) is 15.2 Å². The van der Waals surface area contributed by atoms with Crippen molar-refractivity contribution in [1.82, 2.24) is 35.4 Å². The highest BCUT2D eigenvalue weighted by Crippen LogP contribution is 2.41. The zero-order chi connectivity index (χ0) is 29.7. The molecule has 1 saturated heterocycles. The summed E-state index contributed by atoms with van der Waals surface area (Å²) in [6, 6.07) is -1.07. The molecule has 0 aliphatic carbocycles. The Labute approximate surface area is 240 Å². The Kier molecular flexibility index (Phi) is 9.14. The van der Waals surface area contributed by atoms with Crippen molar-refractivity contribution in [2.24, 2.45) is 10.3 Å². The Morgan fingerprint density at radius 1 is 1.34 bits per heavy atom. The number of carboxylic acids is 2. The van der Waals surface area contributed by atoms with Crippen molar-refractivity contribution in [1.29, 1.82) is 0 Å². The average Bonchev–Trinajstić information content (AvgIpc) is 3.60. The monoisotopic (exact) mass is 626 g/mol. The van der Waals surface area contributed by atoms with Gasteiger partial charge in [-0.1, -0.05) is 22.1 Å². The number of nitrogens with zero attached hydrogens (tertiary/aromatic N) is 8. The lowest BCUT2D eigenvalue weighted by Gasteiger charge is -2.49. The summed E-state index contributed by atoms with van der Waals surface area (Å²) in [5.41, 5.74) is -0.673. The maximum Gasteiger partial charge on any atom is 0.355 e. The molecule has 0 aromatic carbocycles. The number of thiazole rings is 1. The number of carbonyl (C=O) groups excluding carboxylic acids is 3. The molecule has 0 bridgehead atoms. The van der Waals surface area contributed by atoms with Crippen LogP contribution in [0.2, 0.25) is 0 Å². The van der Waals surface area contributed by atoms with Crippen molar-refractivity contribution in [2.75, 3.05) is 23.9 Å². The predicted octanol–water partition coefficient (Wildman–Crippen LogP) is -1.51. The molecule has 3 amide bonds. The number of thioether (sulfide) groups is 2. The van der Waals surface area contributed by atoms with Crippen molar-refractivity contribution in [3.63, 3.8) is 0 Å². The van der Waals surface area contributed by atoms with Gasteiger partial charge in [-0.3, -0.25) is 19.3 Å². The van der Waals surface area contributed by atoms with Gasteiger partial charge in [-0.2, -0.15) is 0 Å². The van der Waals surface area contributed by atoms with Gasteiger partial charge in [0.05, 0.1) is 6.54 Å². The highest BCUT2D eigenvalue weighted by atomic mass is 32.2. The van der Waals surface area contributed by atoms with Crippen LogP contribution in [0.15, 0.2) is 32.1 Å². The molecule has 41 heavy (non-hydrogen) atoms. The number of carbonyl (C=O) groups is 5. The van der Waals surface area contributed by atoms with Crippen molar-refractivity contribution >= 4 is 81.6 Å². The summed E-state index contributed by atoms with van der Waals surface area (Å²) in [5, 5.41) is 51.0. The first-order valence-corrected chi connectivity index (χ1v) is 13.9. The Hall–Kier alpha value is -4.57. The second kappa shape index (κ2) is 12.7. The second-order valence-electron chi connectivity index (χ2n) is 7.80. The van der Waals surface area contributed by atoms with Gasteiger partial charge in [0.25, 0.3) is 11.8 Å². The molecule has 19 nitrogen and oxygen atoms in total. The number of hydrogen-bond acceptors (Lipinski definition) is 16. The third kappa shape index (κ3) is 6.12. The summed E-state index contributed by atoms with van der Waals surface area (Å²) >= 11 is 3.25. The number of anilines is 1. The van der Waals surface area contributed by atoms with Gasteiger partial charge < -0.3 is 30.9 Å². The Balaban J connectivity index is 1.47. The Morgan fingerprint density at radius 3 is 2.78 bits per heavy atom. The van der Waals surface area contributed by atoms with E-state index in [1.165, 1.54) is 24.3 Å². The van der Waals surface area contributed by atoms with Crippen LogP contribution in [-0.2, 0) is 35.4 Å². The van der Waals surface area contributed by atoms with Gasteiger partial charge in [0.1, 0.15) is 29.9 Å². The molecule has 2 atom stereocenters. The van der Waals surface area contributed by atoms with Crippen molar-refractivity contribution in [3.8, 4) is 0 Å². The van der Waals surface area contributed by atoms with Crippen LogP contribution in [0.5, 0.6) is 0 Å². The molecule has 2 aromatic heterocycles. The number of amides is 3. The molecule has 216 valence electrons. The summed E-state index contributed by atoms with van der Waals surface area (Å²) < 4.78 is 1.06. The summed E-state index contributed by atoms with van der Waals surface area (Å²) in [5.74, 6) is -4.08. The van der Waals surface area contributed by atoms with E-state index in [-0.39, 0.29) is 38.9 Å². The number of β-lactam (4-membered cyclic amide) rings is 1. The van der Waals surface area contributed by atoms with Gasteiger partial charge in [0.2, 0.25) is 11.6 Å². The SMILES string of the molecule is CON=C(C(=O)NC1C(=O)N2C(C(=O)O)=C(CSc3nnnn3CC(=NO)C(=O)O)CS[C@H]12)c1csc(NC=O)n1. The fraction of sp³-hybridized carbons (Fsp3) is 0.316. The molecule has 5 N–H and O–H groups in total. The van der Waals surface area contributed by atoms with Gasteiger partial charge in [-0.15, -0.1) is 28.2 Å². The summed E-state index contributed by atoms with van der Waals surface area (Å²) in [4.78, 5) is 69.8. The van der Waals surface area contributed by atoms with Crippen molar-refractivity contribution < 1.29 is 44.2 Å². The van der Waals surface area contributed by atoms with E-state index < -0.39 is 47.4 Å². The molecule has 1 unspecified atom stereocenters. The lowest BCUT2D eigenvalue weighted by Crippen LogP contribution is -2.71. The predicted molar refractivity (Wildman–Crippen MR) is 140 cm³/mol. The number of aliphatic carboxylic acids is 2. The van der Waals surface area contributed by atoms with Gasteiger partial charge in [-0.05, 0) is 16.0 Å². The molecule has 0 saturated carbocycles. The number of carboxylic acid groups (broad SMARTS) is 2. The normalized spacial score (nSPS) is 18.9. The molecular formula is C19H18N10O9S3. The molecule has 2 aromatic rings. The third-order valence-corrected chi connectivity index (χ3v) is 8.56. The third-order valence-electron chi connectivity index (χ3n) is 5.40. The van der Waals surface area contributed by atoms with Crippen molar-refractivity contribution in [3.05, 3.63) is 22.3 Å². The van der Waals surface area contributed by atoms with Crippen molar-refractivity contribution in [2.45, 2.75) is 23.1 Å². The minimum absolute atomic E-state index is 0.0346. The van der Waals surface area contributed by atoms with E-state index in [1.54, 1.807) is 0 Å². The number of fused-ring (bicyclic) bond motifs is 1. The van der Waals surface area contributed by atoms with Crippen LogP contribution in [0.4, 0.5) is 5.13 Å². The number of aromatic nitrogens is 5. The van der Waals surface area contributed by atoms with Crippen LogP contribution in [0.25, 0.3) is 0 Å². The van der Waals surface area contributed by atoms with E-state index in [1.807, 2.05) is 0 Å². The molecule has 0 spiro atoms. The maximum absolute atomic E-state index is 13.0. The van der Waals surface area contributed by atoms with Crippen LogP contribution < -0.4 is 10.6 Å². The lowest BCUT2D eigenvalue weighted by atomic mass is 10.0. The average molecular weight is 627 g/mol. The fourth-order valence-corrected chi connectivity index (χ4v) is 6.65. The van der Waals surface area contributed by atoms with Gasteiger partial charge in [-0.25, -0.2) is 19.3 Å². The topological polar surface area (TPSA) is 264 Å². The molecular weight excluding hydrogens is 608 g/mol. The number of hydrogen-bond donors (Lipinski definition) is 5. The Morgan fingerprint density at radius 2 is 2.12 bits per heavy atom. The maximum atomic E-state index is 13.0. The van der Waals surface area contributed by atoms with E-state index in [0.29, 0.717) is 12.0 Å². The van der Waals surface area contributed by atoms with E-state index in [2.05, 4.69) is 41.5 Å². The van der Waals surface area contributed by atoms with Crippen LogP contribution in [0.1, 0.15) is 5.69 Å². The van der Waals surface area contributed by atoms with E-state index in [9.17, 15) is 29.1 Å². The number of oxime groups is 2. The summed E-state index contributed by atoms with van der Waals surface area (Å²) in [6.07, 6.45) is 0.418. The second-order valence-corrected chi connectivity index (χ2v) is 10.7. The molecule has 2 aliphatic heterocycles. The molecule has 0 radical (unpaired) electrons. The largest absolute Gasteiger partial charge is 0.477 e. The summed E-state index contributed by atoms with van der Waals surface area (Å²) in [6.45, 7) is -0.445. The lowest BCUT2D eigenvalue weighted by molar-refractivity contribution is -0.150. The van der Waals surface area contributed by atoms with Crippen LogP contribution in [-0.4, -0.2) is 117 Å². The quantitative estimate of drug-likeness (QED) is 0.0423. The zero-order valence-electron chi connectivity index (χ0n) is 20.5. The van der Waals surface area contributed by atoms with Crippen LogP contribution >= 0.6 is 34.9 Å². The zero-order valence-corrected chi connectivity index (χ0v) is 23.0. The van der Waals surface area contributed by atoms with Gasteiger partial charge in [0, 0.05) is 16.9 Å². The molecule has 1 fully saturated rings. The van der Waals surface area contributed by atoms with E-state index >= 15 is 0 Å². The number of tetrazole rings is 1. The highest BCUT2D eigenvalue weighted by molar-refractivity contribution is 8.01. The molecule has 4 heterocycles. The van der Waals surface area contributed by atoms with Crippen LogP contribution in [0, 0.1) is 0 Å². The minimum atomic E-state index is -1.48. The Bertz CT molecular complexity index is 1490. The van der Waals surface area contributed by atoms with Gasteiger partial charge >= 0.3 is 11.9 Å². The molecule has 4 rings (SSSR count). The van der Waals surface area contributed by atoms with E-state index in [0.717, 1.165) is 32.7 Å². The molecule has 22 heteroatoms. The first kappa shape index (κ1) is 29.4. The smallest absolute Gasteiger partial charge is 0.355 e. The fourth-order valence-electron chi connectivity index (χ4n) is 3.63. The number of rotatable bonds is 13. The van der Waals surface area contributed by atoms with Crippen LogP contribution in [0.3, 0.4) is 0 Å². The summed E-state index contributed by atoms with van der Waals surface area (Å²) in [7, 11) is 1.21. The molecule has 2 aliphatic rings. The minimum Gasteiger partial charge on any atom is -0.477 e. The number of nitrogens with one attached hydrogen (secondary N) is 2. The van der Waals surface area contributed by atoms with Gasteiger partial charge in [0.15, 0.2) is 16.6 Å². The first-order valence-electron chi connectivity index (χ1n) is 11.0. The highest BCUT2D eigenvalue weighted by Gasteiger charge is 2.54. The first-order chi connectivity index (χ1) is 19.7.